The molecule has 0 aromatic heterocycles. The van der Waals surface area contributed by atoms with Crippen LogP contribution in [0.2, 0.25) is 0 Å². The monoisotopic (exact) mass is 832 g/mol. The molecule has 0 unspecified atom stereocenters. The molecule has 0 aliphatic heterocycles. The van der Waals surface area contributed by atoms with E-state index in [1.807, 2.05) is 0 Å². The molecule has 0 bridgehead atoms. The number of rotatable bonds is 24. The fourth-order valence-corrected chi connectivity index (χ4v) is 6.15. The van der Waals surface area contributed by atoms with Gasteiger partial charge in [-0.2, -0.15) is 0 Å². The quantitative estimate of drug-likeness (QED) is 0.0337. The lowest BCUT2D eigenvalue weighted by Crippen LogP contribution is -2.14. The standard InChI is InChI=1S/C50H53FO10/c1-3-5-7-9-11-13-34-56-39-24-18-36(19-25-39)47(52)58-41-28-22-38(23-29-41)49(54)61-45-17-15-16-44(46(45)51)50(55)60-43-32-30-42(31-33-43)59-48(53)37-20-26-40(27-21-37)57-35-14-12-10-8-6-4-2/h15-33H,3-14,34-35H2,1-2H3. The third-order valence-electron chi connectivity index (χ3n) is 9.64. The highest BCUT2D eigenvalue weighted by atomic mass is 19.1. The van der Waals surface area contributed by atoms with Gasteiger partial charge in [-0.3, -0.25) is 0 Å². The van der Waals surface area contributed by atoms with Crippen molar-refractivity contribution < 1.29 is 52.0 Å². The van der Waals surface area contributed by atoms with Crippen LogP contribution in [0, 0.1) is 5.82 Å². The Bertz CT molecular complexity index is 2150. The number of benzene rings is 5. The van der Waals surface area contributed by atoms with Gasteiger partial charge in [0.25, 0.3) is 0 Å². The van der Waals surface area contributed by atoms with Crippen LogP contribution in [0.4, 0.5) is 4.39 Å². The minimum absolute atomic E-state index is 0.0460. The van der Waals surface area contributed by atoms with Crippen molar-refractivity contribution in [2.75, 3.05) is 13.2 Å². The summed E-state index contributed by atoms with van der Waals surface area (Å²) >= 11 is 0. The molecule has 320 valence electrons. The number of carbonyl (C=O) groups excluding carboxylic acids is 4. The molecule has 0 saturated heterocycles. The van der Waals surface area contributed by atoms with Crippen LogP contribution >= 0.6 is 0 Å². The molecule has 0 spiro atoms. The van der Waals surface area contributed by atoms with Crippen LogP contribution in [0.5, 0.6) is 34.5 Å². The van der Waals surface area contributed by atoms with E-state index >= 15 is 4.39 Å². The summed E-state index contributed by atoms with van der Waals surface area (Å²) < 4.78 is 48.5. The van der Waals surface area contributed by atoms with E-state index in [1.165, 1.54) is 118 Å². The molecule has 10 nitrogen and oxygen atoms in total. The Morgan fingerprint density at radius 1 is 0.393 bits per heavy atom. The van der Waals surface area contributed by atoms with Gasteiger partial charge in [0, 0.05) is 0 Å². The molecule has 61 heavy (non-hydrogen) atoms. The third-order valence-corrected chi connectivity index (χ3v) is 9.64. The smallest absolute Gasteiger partial charge is 0.346 e. The molecular weight excluding hydrogens is 780 g/mol. The zero-order valence-corrected chi connectivity index (χ0v) is 34.8. The lowest BCUT2D eigenvalue weighted by molar-refractivity contribution is 0.0702. The summed E-state index contributed by atoms with van der Waals surface area (Å²) in [6.45, 7) is 5.61. The Morgan fingerprint density at radius 3 is 1.16 bits per heavy atom. The summed E-state index contributed by atoms with van der Waals surface area (Å²) in [6, 6.07) is 28.3. The topological polar surface area (TPSA) is 124 Å². The maximum Gasteiger partial charge on any atom is 0.346 e. The summed E-state index contributed by atoms with van der Waals surface area (Å²) in [5, 5.41) is 0. The van der Waals surface area contributed by atoms with E-state index in [-0.39, 0.29) is 22.8 Å². The first kappa shape index (κ1) is 45.6. The summed E-state index contributed by atoms with van der Waals surface area (Å²) in [5.41, 5.74) is 0.229. The normalized spacial score (nSPS) is 10.7. The van der Waals surface area contributed by atoms with Crippen molar-refractivity contribution in [3.8, 4) is 34.5 Å². The zero-order valence-electron chi connectivity index (χ0n) is 34.8. The highest BCUT2D eigenvalue weighted by Crippen LogP contribution is 2.26. The van der Waals surface area contributed by atoms with Gasteiger partial charge in [0.15, 0.2) is 11.6 Å². The summed E-state index contributed by atoms with van der Waals surface area (Å²) in [4.78, 5) is 51.3. The van der Waals surface area contributed by atoms with Crippen molar-refractivity contribution in [2.45, 2.75) is 90.9 Å². The second kappa shape index (κ2) is 24.6. The van der Waals surface area contributed by atoms with Crippen molar-refractivity contribution in [3.05, 3.63) is 143 Å². The van der Waals surface area contributed by atoms with Crippen LogP contribution in [0.3, 0.4) is 0 Å². The average Bonchev–Trinajstić information content (AvgIpc) is 3.27. The Labute approximate surface area is 356 Å². The first-order valence-corrected chi connectivity index (χ1v) is 21.1. The highest BCUT2D eigenvalue weighted by Gasteiger charge is 2.21. The van der Waals surface area contributed by atoms with Gasteiger partial charge in [-0.25, -0.2) is 23.6 Å². The summed E-state index contributed by atoms with van der Waals surface area (Å²) in [5.74, 6) is -2.93. The van der Waals surface area contributed by atoms with Crippen molar-refractivity contribution in [2.24, 2.45) is 0 Å². The first-order chi connectivity index (χ1) is 29.7. The Hall–Kier alpha value is -6.49. The van der Waals surface area contributed by atoms with Gasteiger partial charge < -0.3 is 28.4 Å². The van der Waals surface area contributed by atoms with Crippen molar-refractivity contribution >= 4 is 23.9 Å². The van der Waals surface area contributed by atoms with Gasteiger partial charge in [-0.15, -0.1) is 0 Å². The molecule has 0 saturated carbocycles. The fraction of sp³-hybridized carbons (Fsp3) is 0.320. The van der Waals surface area contributed by atoms with Crippen LogP contribution in [0.15, 0.2) is 115 Å². The lowest BCUT2D eigenvalue weighted by atomic mass is 10.1. The molecule has 0 aliphatic rings. The Morgan fingerprint density at radius 2 is 0.738 bits per heavy atom. The first-order valence-electron chi connectivity index (χ1n) is 21.1. The maximum absolute atomic E-state index is 15.4. The van der Waals surface area contributed by atoms with E-state index in [0.717, 1.165) is 25.7 Å². The van der Waals surface area contributed by atoms with Crippen LogP contribution < -0.4 is 28.4 Å². The Balaban J connectivity index is 1.06. The van der Waals surface area contributed by atoms with Gasteiger partial charge in [0.1, 0.15) is 28.7 Å². The zero-order chi connectivity index (χ0) is 43.2. The van der Waals surface area contributed by atoms with Crippen LogP contribution in [-0.4, -0.2) is 37.1 Å². The molecule has 0 amide bonds. The predicted molar refractivity (Wildman–Crippen MR) is 230 cm³/mol. The van der Waals surface area contributed by atoms with Crippen molar-refractivity contribution in [1.82, 2.24) is 0 Å². The second-order valence-electron chi connectivity index (χ2n) is 14.5. The number of ether oxygens (including phenoxy) is 6. The maximum atomic E-state index is 15.4. The van der Waals surface area contributed by atoms with Gasteiger partial charge >= 0.3 is 23.9 Å². The summed E-state index contributed by atoms with van der Waals surface area (Å²) in [6.07, 6.45) is 14.0. The van der Waals surface area contributed by atoms with E-state index in [0.29, 0.717) is 35.8 Å². The van der Waals surface area contributed by atoms with E-state index in [9.17, 15) is 19.2 Å². The molecule has 0 atom stereocenters. The van der Waals surface area contributed by atoms with Crippen molar-refractivity contribution in [1.29, 1.82) is 0 Å². The number of halogens is 1. The van der Waals surface area contributed by atoms with Gasteiger partial charge in [-0.1, -0.05) is 84.1 Å². The SMILES string of the molecule is CCCCCCCCOc1ccc(C(=O)Oc2ccc(OC(=O)c3cccc(OC(=O)c4ccc(OC(=O)c5ccc(OCCCCCCCC)cc5)cc4)c3F)cc2)cc1. The Kier molecular flexibility index (Phi) is 18.4. The molecule has 5 aromatic rings. The molecule has 0 radical (unpaired) electrons. The number of carbonyl (C=O) groups is 4. The average molecular weight is 833 g/mol. The summed E-state index contributed by atoms with van der Waals surface area (Å²) in [7, 11) is 0. The van der Waals surface area contributed by atoms with E-state index in [4.69, 9.17) is 28.4 Å². The number of unbranched alkanes of at least 4 members (excludes halogenated alkanes) is 10. The molecular formula is C50H53FO10. The van der Waals surface area contributed by atoms with Crippen LogP contribution in [0.25, 0.3) is 0 Å². The molecule has 0 heterocycles. The minimum atomic E-state index is -1.10. The van der Waals surface area contributed by atoms with E-state index in [2.05, 4.69) is 13.8 Å². The molecule has 5 rings (SSSR count). The minimum Gasteiger partial charge on any atom is -0.494 e. The number of hydrogen-bond donors (Lipinski definition) is 0. The van der Waals surface area contributed by atoms with Gasteiger partial charge in [0.2, 0.25) is 0 Å². The highest BCUT2D eigenvalue weighted by molar-refractivity contribution is 5.94. The van der Waals surface area contributed by atoms with Crippen LogP contribution in [0.1, 0.15) is 132 Å². The molecule has 0 N–H and O–H groups in total. The largest absolute Gasteiger partial charge is 0.494 e. The molecule has 0 fully saturated rings. The molecule has 0 aliphatic carbocycles. The fourth-order valence-electron chi connectivity index (χ4n) is 6.15. The van der Waals surface area contributed by atoms with E-state index < -0.39 is 41.0 Å². The van der Waals surface area contributed by atoms with Gasteiger partial charge in [0.05, 0.1) is 35.5 Å². The molecule has 11 heteroatoms. The second-order valence-corrected chi connectivity index (χ2v) is 14.5. The predicted octanol–water partition coefficient (Wildman–Crippen LogP) is 12.2. The number of esters is 4. The van der Waals surface area contributed by atoms with Crippen molar-refractivity contribution in [3.63, 3.8) is 0 Å². The van der Waals surface area contributed by atoms with Gasteiger partial charge in [-0.05, 0) is 122 Å². The van der Waals surface area contributed by atoms with E-state index in [1.54, 1.807) is 48.5 Å². The number of hydrogen-bond acceptors (Lipinski definition) is 10. The molecule has 5 aromatic carbocycles. The van der Waals surface area contributed by atoms with Crippen LogP contribution in [-0.2, 0) is 0 Å². The third kappa shape index (κ3) is 14.9. The lowest BCUT2D eigenvalue weighted by Gasteiger charge is -2.10.